The molecule has 0 amide bonds. The molecule has 0 saturated carbocycles. The average Bonchev–Trinajstić information content (AvgIpc) is 2.36. The van der Waals surface area contributed by atoms with E-state index in [0.717, 1.165) is 0 Å². The summed E-state index contributed by atoms with van der Waals surface area (Å²) >= 11 is 0. The molecule has 0 saturated heterocycles. The molecule has 1 aromatic heterocycles. The standard InChI is InChI=1S/C14H19N5/c1-9(2)11-5-3-10(4-6-11)8-17-13-7-12(15)18-14(16)19-13/h3-7,9H,8H2,1-2H3,(H5,15,16,17,18,19). The lowest BCUT2D eigenvalue weighted by Crippen LogP contribution is -2.06. The van der Waals surface area contributed by atoms with Crippen LogP contribution in [0.3, 0.4) is 0 Å². The van der Waals surface area contributed by atoms with Crippen LogP contribution in [0, 0.1) is 0 Å². The predicted octanol–water partition coefficient (Wildman–Crippen LogP) is 2.38. The zero-order valence-corrected chi connectivity index (χ0v) is 11.2. The molecule has 0 aliphatic carbocycles. The molecule has 0 aliphatic rings. The van der Waals surface area contributed by atoms with Crippen LogP contribution < -0.4 is 16.8 Å². The van der Waals surface area contributed by atoms with E-state index >= 15 is 0 Å². The van der Waals surface area contributed by atoms with Crippen molar-refractivity contribution in [3.8, 4) is 0 Å². The van der Waals surface area contributed by atoms with E-state index in [9.17, 15) is 0 Å². The first-order valence-corrected chi connectivity index (χ1v) is 6.27. The van der Waals surface area contributed by atoms with Gasteiger partial charge < -0.3 is 16.8 Å². The van der Waals surface area contributed by atoms with Crippen LogP contribution in [0.15, 0.2) is 30.3 Å². The fraction of sp³-hybridized carbons (Fsp3) is 0.286. The van der Waals surface area contributed by atoms with E-state index < -0.39 is 0 Å². The molecule has 0 radical (unpaired) electrons. The largest absolute Gasteiger partial charge is 0.383 e. The summed E-state index contributed by atoms with van der Waals surface area (Å²) in [5, 5.41) is 3.18. The van der Waals surface area contributed by atoms with Gasteiger partial charge >= 0.3 is 0 Å². The van der Waals surface area contributed by atoms with Gasteiger partial charge in [-0.2, -0.15) is 9.97 Å². The van der Waals surface area contributed by atoms with Crippen molar-refractivity contribution in [1.29, 1.82) is 0 Å². The lowest BCUT2D eigenvalue weighted by atomic mass is 10.0. The summed E-state index contributed by atoms with van der Waals surface area (Å²) in [6.45, 7) is 5.04. The molecule has 0 unspecified atom stereocenters. The lowest BCUT2D eigenvalue weighted by Gasteiger charge is -2.09. The smallest absolute Gasteiger partial charge is 0.223 e. The van der Waals surface area contributed by atoms with Gasteiger partial charge in [0, 0.05) is 12.6 Å². The third-order valence-electron chi connectivity index (χ3n) is 2.88. The van der Waals surface area contributed by atoms with Gasteiger partial charge in [-0.15, -0.1) is 0 Å². The van der Waals surface area contributed by atoms with Crippen molar-refractivity contribution in [3.05, 3.63) is 41.5 Å². The van der Waals surface area contributed by atoms with Gasteiger partial charge in [-0.3, -0.25) is 0 Å². The van der Waals surface area contributed by atoms with Crippen molar-refractivity contribution in [2.45, 2.75) is 26.3 Å². The molecule has 5 N–H and O–H groups in total. The van der Waals surface area contributed by atoms with Crippen molar-refractivity contribution >= 4 is 17.6 Å². The topological polar surface area (TPSA) is 89.8 Å². The highest BCUT2D eigenvalue weighted by Crippen LogP contribution is 2.16. The molecule has 2 aromatic rings. The highest BCUT2D eigenvalue weighted by atomic mass is 15.1. The molecular weight excluding hydrogens is 238 g/mol. The quantitative estimate of drug-likeness (QED) is 0.782. The maximum atomic E-state index is 5.61. The minimum atomic E-state index is 0.178. The number of benzene rings is 1. The molecular formula is C14H19N5. The fourth-order valence-corrected chi connectivity index (χ4v) is 1.79. The molecule has 1 aromatic carbocycles. The predicted molar refractivity (Wildman–Crippen MR) is 78.7 cm³/mol. The van der Waals surface area contributed by atoms with Crippen LogP contribution in [0.5, 0.6) is 0 Å². The molecule has 5 heteroatoms. The van der Waals surface area contributed by atoms with Gasteiger partial charge in [0.25, 0.3) is 0 Å². The van der Waals surface area contributed by atoms with Gasteiger partial charge in [-0.05, 0) is 17.0 Å². The molecule has 1 heterocycles. The Morgan fingerprint density at radius 2 is 1.79 bits per heavy atom. The normalized spacial score (nSPS) is 10.7. The average molecular weight is 257 g/mol. The molecule has 100 valence electrons. The fourth-order valence-electron chi connectivity index (χ4n) is 1.79. The Labute approximate surface area is 113 Å². The number of anilines is 3. The van der Waals surface area contributed by atoms with Crippen molar-refractivity contribution in [2.24, 2.45) is 0 Å². The number of hydrogen-bond donors (Lipinski definition) is 3. The second-order valence-corrected chi connectivity index (χ2v) is 4.79. The Bertz CT molecular complexity index is 528. The number of nitrogens with two attached hydrogens (primary N) is 2. The maximum Gasteiger partial charge on any atom is 0.223 e. The van der Waals surface area contributed by atoms with Gasteiger partial charge in [0.05, 0.1) is 0 Å². The summed E-state index contributed by atoms with van der Waals surface area (Å²) < 4.78 is 0. The van der Waals surface area contributed by atoms with Crippen LogP contribution in [-0.2, 0) is 6.54 Å². The van der Waals surface area contributed by atoms with Crippen LogP contribution in [0.2, 0.25) is 0 Å². The molecule has 0 atom stereocenters. The van der Waals surface area contributed by atoms with Gasteiger partial charge in [0.2, 0.25) is 5.95 Å². The molecule has 0 spiro atoms. The Hall–Kier alpha value is -2.30. The van der Waals surface area contributed by atoms with Gasteiger partial charge in [-0.1, -0.05) is 38.1 Å². The number of hydrogen-bond acceptors (Lipinski definition) is 5. The first-order chi connectivity index (χ1) is 9.04. The number of aromatic nitrogens is 2. The summed E-state index contributed by atoms with van der Waals surface area (Å²) in [7, 11) is 0. The van der Waals surface area contributed by atoms with Gasteiger partial charge in [0.1, 0.15) is 11.6 Å². The Kier molecular flexibility index (Phi) is 3.85. The van der Waals surface area contributed by atoms with Crippen molar-refractivity contribution in [2.75, 3.05) is 16.8 Å². The minimum Gasteiger partial charge on any atom is -0.383 e. The third-order valence-corrected chi connectivity index (χ3v) is 2.88. The Morgan fingerprint density at radius 1 is 1.11 bits per heavy atom. The molecule has 0 fully saturated rings. The van der Waals surface area contributed by atoms with Crippen LogP contribution in [0.1, 0.15) is 30.9 Å². The van der Waals surface area contributed by atoms with Crippen molar-refractivity contribution in [1.82, 2.24) is 9.97 Å². The van der Waals surface area contributed by atoms with Crippen molar-refractivity contribution in [3.63, 3.8) is 0 Å². The number of nitrogens with one attached hydrogen (secondary N) is 1. The number of nitrogens with zero attached hydrogens (tertiary/aromatic N) is 2. The van der Waals surface area contributed by atoms with Gasteiger partial charge in [-0.25, -0.2) is 0 Å². The van der Waals surface area contributed by atoms with E-state index in [1.807, 2.05) is 0 Å². The zero-order valence-electron chi connectivity index (χ0n) is 11.2. The minimum absolute atomic E-state index is 0.178. The second kappa shape index (κ2) is 5.56. The first-order valence-electron chi connectivity index (χ1n) is 6.27. The summed E-state index contributed by atoms with van der Waals surface area (Å²) in [6.07, 6.45) is 0. The van der Waals surface area contributed by atoms with E-state index in [4.69, 9.17) is 11.5 Å². The first kappa shape index (κ1) is 13.1. The number of rotatable bonds is 4. The number of nitrogen functional groups attached to an aromatic ring is 2. The third kappa shape index (κ3) is 3.58. The van der Waals surface area contributed by atoms with Gasteiger partial charge in [0.15, 0.2) is 0 Å². The van der Waals surface area contributed by atoms with E-state index in [2.05, 4.69) is 53.4 Å². The Morgan fingerprint density at radius 3 is 2.37 bits per heavy atom. The van der Waals surface area contributed by atoms with Crippen molar-refractivity contribution < 1.29 is 0 Å². The van der Waals surface area contributed by atoms with Crippen LogP contribution >= 0.6 is 0 Å². The van der Waals surface area contributed by atoms with E-state index in [-0.39, 0.29) is 5.95 Å². The molecule has 0 aliphatic heterocycles. The van der Waals surface area contributed by atoms with E-state index in [0.29, 0.717) is 24.1 Å². The summed E-state index contributed by atoms with van der Waals surface area (Å²) in [5.41, 5.74) is 13.7. The maximum absolute atomic E-state index is 5.61. The second-order valence-electron chi connectivity index (χ2n) is 4.79. The Balaban J connectivity index is 2.02. The molecule has 0 bridgehead atoms. The monoisotopic (exact) mass is 257 g/mol. The molecule has 2 rings (SSSR count). The van der Waals surface area contributed by atoms with E-state index in [1.54, 1.807) is 6.07 Å². The summed E-state index contributed by atoms with van der Waals surface area (Å²) in [6, 6.07) is 10.2. The summed E-state index contributed by atoms with van der Waals surface area (Å²) in [4.78, 5) is 7.90. The lowest BCUT2D eigenvalue weighted by molar-refractivity contribution is 0.865. The van der Waals surface area contributed by atoms with Crippen LogP contribution in [-0.4, -0.2) is 9.97 Å². The molecule has 19 heavy (non-hydrogen) atoms. The summed E-state index contributed by atoms with van der Waals surface area (Å²) in [5.74, 6) is 1.73. The zero-order chi connectivity index (χ0) is 13.8. The van der Waals surface area contributed by atoms with Crippen LogP contribution in [0.4, 0.5) is 17.6 Å². The SMILES string of the molecule is CC(C)c1ccc(CNc2cc(N)nc(N)n2)cc1. The van der Waals surface area contributed by atoms with Crippen LogP contribution in [0.25, 0.3) is 0 Å². The van der Waals surface area contributed by atoms with E-state index in [1.165, 1.54) is 11.1 Å². The highest BCUT2D eigenvalue weighted by Gasteiger charge is 2.01. The highest BCUT2D eigenvalue weighted by molar-refractivity contribution is 5.48. The molecule has 5 nitrogen and oxygen atoms in total.